The summed E-state index contributed by atoms with van der Waals surface area (Å²) in [5.41, 5.74) is 4.17. The quantitative estimate of drug-likeness (QED) is 0.818. The van der Waals surface area contributed by atoms with Crippen LogP contribution in [0.15, 0.2) is 42.0 Å². The molecule has 1 aliphatic carbocycles. The second-order valence-electron chi connectivity index (χ2n) is 5.33. The Labute approximate surface area is 113 Å². The van der Waals surface area contributed by atoms with Crippen LogP contribution in [0.5, 0.6) is 0 Å². The first-order chi connectivity index (χ1) is 9.24. The molecule has 2 aromatic rings. The number of aromatic nitrogens is 1. The van der Waals surface area contributed by atoms with Crippen molar-refractivity contribution in [2.45, 2.75) is 38.7 Å². The van der Waals surface area contributed by atoms with E-state index in [-0.39, 0.29) is 0 Å². The van der Waals surface area contributed by atoms with Crippen molar-refractivity contribution in [3.05, 3.63) is 53.2 Å². The molecule has 1 heterocycles. The summed E-state index contributed by atoms with van der Waals surface area (Å²) in [4.78, 5) is 4.49. The second kappa shape index (κ2) is 5.14. The SMILES string of the molecule is Cc1ccc2cc(C(O)C3=CCCCC3)ccc2n1. The highest BCUT2D eigenvalue weighted by atomic mass is 16.3. The van der Waals surface area contributed by atoms with Crippen molar-refractivity contribution in [3.8, 4) is 0 Å². The van der Waals surface area contributed by atoms with Gasteiger partial charge in [0, 0.05) is 11.1 Å². The van der Waals surface area contributed by atoms with Crippen molar-refractivity contribution < 1.29 is 5.11 Å². The van der Waals surface area contributed by atoms with Crippen LogP contribution in [0.3, 0.4) is 0 Å². The Morgan fingerprint density at radius 1 is 1.16 bits per heavy atom. The first-order valence-electron chi connectivity index (χ1n) is 6.98. The summed E-state index contributed by atoms with van der Waals surface area (Å²) >= 11 is 0. The van der Waals surface area contributed by atoms with Crippen LogP contribution >= 0.6 is 0 Å². The van der Waals surface area contributed by atoms with Gasteiger partial charge in [-0.2, -0.15) is 0 Å². The summed E-state index contributed by atoms with van der Waals surface area (Å²) < 4.78 is 0. The minimum absolute atomic E-state index is 0.453. The van der Waals surface area contributed by atoms with Crippen molar-refractivity contribution in [3.63, 3.8) is 0 Å². The third-order valence-corrected chi connectivity index (χ3v) is 3.85. The lowest BCUT2D eigenvalue weighted by atomic mass is 9.91. The van der Waals surface area contributed by atoms with Gasteiger partial charge in [0.05, 0.1) is 5.52 Å². The molecular weight excluding hydrogens is 234 g/mol. The molecule has 2 nitrogen and oxygen atoms in total. The highest BCUT2D eigenvalue weighted by Gasteiger charge is 2.15. The molecule has 0 bridgehead atoms. The first-order valence-corrected chi connectivity index (χ1v) is 6.98. The molecule has 0 saturated heterocycles. The molecule has 19 heavy (non-hydrogen) atoms. The van der Waals surface area contributed by atoms with Gasteiger partial charge in [-0.15, -0.1) is 0 Å². The van der Waals surface area contributed by atoms with E-state index in [0.29, 0.717) is 0 Å². The van der Waals surface area contributed by atoms with Gasteiger partial charge >= 0.3 is 0 Å². The van der Waals surface area contributed by atoms with Crippen LogP contribution in [0.2, 0.25) is 0 Å². The average Bonchev–Trinajstić information content (AvgIpc) is 2.47. The minimum Gasteiger partial charge on any atom is -0.384 e. The Kier molecular flexibility index (Phi) is 3.34. The molecule has 0 radical (unpaired) electrons. The molecule has 1 N–H and O–H groups in total. The van der Waals surface area contributed by atoms with Gasteiger partial charge in [0.1, 0.15) is 6.10 Å². The number of aliphatic hydroxyl groups is 1. The summed E-state index contributed by atoms with van der Waals surface area (Å²) in [5.74, 6) is 0. The predicted octanol–water partition coefficient (Wildman–Crippen LogP) is 4.08. The van der Waals surface area contributed by atoms with Gasteiger partial charge in [-0.3, -0.25) is 4.98 Å². The van der Waals surface area contributed by atoms with Crippen LogP contribution in [0.25, 0.3) is 10.9 Å². The fourth-order valence-corrected chi connectivity index (χ4v) is 2.74. The van der Waals surface area contributed by atoms with E-state index in [4.69, 9.17) is 0 Å². The molecule has 1 unspecified atom stereocenters. The molecule has 1 aliphatic rings. The Morgan fingerprint density at radius 2 is 2.05 bits per heavy atom. The topological polar surface area (TPSA) is 33.1 Å². The first kappa shape index (κ1) is 12.4. The number of fused-ring (bicyclic) bond motifs is 1. The van der Waals surface area contributed by atoms with E-state index in [1.807, 2.05) is 25.1 Å². The van der Waals surface area contributed by atoms with Crippen molar-refractivity contribution in [2.75, 3.05) is 0 Å². The number of hydrogen-bond acceptors (Lipinski definition) is 2. The number of allylic oxidation sites excluding steroid dienone is 1. The molecule has 0 fully saturated rings. The minimum atomic E-state index is -0.453. The number of benzene rings is 1. The number of rotatable bonds is 2. The molecule has 3 rings (SSSR count). The van der Waals surface area contributed by atoms with E-state index >= 15 is 0 Å². The second-order valence-corrected chi connectivity index (χ2v) is 5.33. The molecule has 1 aromatic heterocycles. The van der Waals surface area contributed by atoms with Crippen LogP contribution in [0.4, 0.5) is 0 Å². The van der Waals surface area contributed by atoms with E-state index in [1.165, 1.54) is 18.4 Å². The number of pyridine rings is 1. The van der Waals surface area contributed by atoms with Crippen LogP contribution in [-0.2, 0) is 0 Å². The maximum Gasteiger partial charge on any atom is 0.100 e. The summed E-state index contributed by atoms with van der Waals surface area (Å²) in [7, 11) is 0. The van der Waals surface area contributed by atoms with E-state index in [2.05, 4.69) is 23.2 Å². The van der Waals surface area contributed by atoms with Gasteiger partial charge < -0.3 is 5.11 Å². The maximum atomic E-state index is 10.5. The van der Waals surface area contributed by atoms with E-state index in [9.17, 15) is 5.11 Å². The summed E-state index contributed by atoms with van der Waals surface area (Å²) in [6.07, 6.45) is 6.30. The third-order valence-electron chi connectivity index (χ3n) is 3.85. The Bertz CT molecular complexity index is 630. The fourth-order valence-electron chi connectivity index (χ4n) is 2.74. The molecule has 1 aromatic carbocycles. The lowest BCUT2D eigenvalue weighted by molar-refractivity contribution is 0.208. The van der Waals surface area contributed by atoms with Gasteiger partial charge in [-0.1, -0.05) is 18.2 Å². The zero-order valence-electron chi connectivity index (χ0n) is 11.3. The molecule has 0 saturated carbocycles. The van der Waals surface area contributed by atoms with Gasteiger partial charge in [0.15, 0.2) is 0 Å². The van der Waals surface area contributed by atoms with Crippen LogP contribution in [-0.4, -0.2) is 10.1 Å². The number of nitrogens with zero attached hydrogens (tertiary/aromatic N) is 1. The number of hydrogen-bond donors (Lipinski definition) is 1. The summed E-state index contributed by atoms with van der Waals surface area (Å²) in [6.45, 7) is 2.00. The molecule has 0 aliphatic heterocycles. The monoisotopic (exact) mass is 253 g/mol. The Balaban J connectivity index is 1.96. The maximum absolute atomic E-state index is 10.5. The number of aryl methyl sites for hydroxylation is 1. The van der Waals surface area contributed by atoms with Gasteiger partial charge in [-0.05, 0) is 61.9 Å². The molecule has 98 valence electrons. The van der Waals surface area contributed by atoms with Crippen molar-refractivity contribution >= 4 is 10.9 Å². The van der Waals surface area contributed by atoms with Crippen LogP contribution in [0.1, 0.15) is 43.0 Å². The average molecular weight is 253 g/mol. The fraction of sp³-hybridized carbons (Fsp3) is 0.353. The number of aliphatic hydroxyl groups excluding tert-OH is 1. The van der Waals surface area contributed by atoms with Crippen LogP contribution in [0, 0.1) is 6.92 Å². The third kappa shape index (κ3) is 2.54. The highest BCUT2D eigenvalue weighted by Crippen LogP contribution is 2.30. The molecule has 1 atom stereocenters. The van der Waals surface area contributed by atoms with Crippen LogP contribution < -0.4 is 0 Å². The van der Waals surface area contributed by atoms with Gasteiger partial charge in [0.2, 0.25) is 0 Å². The standard InChI is InChI=1S/C17H19NO/c1-12-7-8-14-11-15(9-10-16(14)18-12)17(19)13-5-3-2-4-6-13/h5,7-11,17,19H,2-4,6H2,1H3. The highest BCUT2D eigenvalue weighted by molar-refractivity contribution is 5.79. The Hall–Kier alpha value is -1.67. The normalized spacial score (nSPS) is 17.3. The smallest absolute Gasteiger partial charge is 0.100 e. The van der Waals surface area contributed by atoms with Gasteiger partial charge in [-0.25, -0.2) is 0 Å². The zero-order chi connectivity index (χ0) is 13.2. The predicted molar refractivity (Wildman–Crippen MR) is 78.0 cm³/mol. The Morgan fingerprint density at radius 3 is 2.84 bits per heavy atom. The summed E-state index contributed by atoms with van der Waals surface area (Å²) in [6, 6.07) is 10.1. The van der Waals surface area contributed by atoms with E-state index < -0.39 is 6.10 Å². The molecule has 2 heteroatoms. The van der Waals surface area contributed by atoms with Crippen molar-refractivity contribution in [1.82, 2.24) is 4.98 Å². The van der Waals surface area contributed by atoms with Crippen molar-refractivity contribution in [1.29, 1.82) is 0 Å². The molecule has 0 spiro atoms. The van der Waals surface area contributed by atoms with E-state index in [1.54, 1.807) is 0 Å². The molecular formula is C17H19NO. The molecule has 0 amide bonds. The zero-order valence-corrected chi connectivity index (χ0v) is 11.3. The van der Waals surface area contributed by atoms with Gasteiger partial charge in [0.25, 0.3) is 0 Å². The lowest BCUT2D eigenvalue weighted by Gasteiger charge is -2.19. The summed E-state index contributed by atoms with van der Waals surface area (Å²) in [5, 5.41) is 11.6. The lowest BCUT2D eigenvalue weighted by Crippen LogP contribution is -2.04. The van der Waals surface area contributed by atoms with Crippen molar-refractivity contribution in [2.24, 2.45) is 0 Å². The van der Waals surface area contributed by atoms with E-state index in [0.717, 1.165) is 35.0 Å². The largest absolute Gasteiger partial charge is 0.384 e.